The average Bonchev–Trinajstić information content (AvgIpc) is 2.59. The van der Waals surface area contributed by atoms with Gasteiger partial charge in [-0.25, -0.2) is 0 Å². The van der Waals surface area contributed by atoms with Crippen LogP contribution in [0.5, 0.6) is 0 Å². The minimum absolute atomic E-state index is 0.0870. The first-order valence-corrected chi connectivity index (χ1v) is 8.72. The summed E-state index contributed by atoms with van der Waals surface area (Å²) in [5.74, 6) is 1.41. The van der Waals surface area contributed by atoms with Crippen molar-refractivity contribution in [1.82, 2.24) is 0 Å². The highest BCUT2D eigenvalue weighted by Crippen LogP contribution is 2.39. The molecule has 0 aromatic carbocycles. The van der Waals surface area contributed by atoms with Crippen LogP contribution < -0.4 is 0 Å². The molecule has 0 saturated heterocycles. The summed E-state index contributed by atoms with van der Waals surface area (Å²) >= 11 is 0. The lowest BCUT2D eigenvalue weighted by atomic mass is 10.2. The molecule has 1 aromatic rings. The van der Waals surface area contributed by atoms with Crippen LogP contribution in [0.1, 0.15) is 38.4 Å². The minimum atomic E-state index is -1.94. The molecule has 0 aliphatic carbocycles. The highest BCUT2D eigenvalue weighted by atomic mass is 28.4. The van der Waals surface area contributed by atoms with Gasteiger partial charge in [0.2, 0.25) is 0 Å². The maximum Gasteiger partial charge on any atom is 0.194 e. The van der Waals surface area contributed by atoms with E-state index in [0.717, 1.165) is 5.76 Å². The number of aryl methyl sites for hydroxylation is 1. The zero-order valence-corrected chi connectivity index (χ0v) is 12.5. The topological polar surface area (TPSA) is 46.2 Å². The van der Waals surface area contributed by atoms with Gasteiger partial charge >= 0.3 is 0 Å². The molecule has 0 unspecified atom stereocenters. The van der Waals surface area contributed by atoms with Gasteiger partial charge in [0.1, 0.15) is 17.6 Å². The van der Waals surface area contributed by atoms with E-state index in [1.54, 1.807) is 0 Å². The molecule has 0 bridgehead atoms. The molecule has 1 heterocycles. The van der Waals surface area contributed by atoms with Gasteiger partial charge in [0.25, 0.3) is 0 Å². The van der Waals surface area contributed by atoms with Gasteiger partial charge in [-0.1, -0.05) is 20.8 Å². The molecular formula is C13H21NO2Si. The summed E-state index contributed by atoms with van der Waals surface area (Å²) in [6.07, 6.45) is -0.593. The second-order valence-corrected chi connectivity index (χ2v) is 10.6. The predicted molar refractivity (Wildman–Crippen MR) is 70.1 cm³/mol. The lowest BCUT2D eigenvalue weighted by Crippen LogP contribution is -2.41. The van der Waals surface area contributed by atoms with Crippen LogP contribution in [0.4, 0.5) is 0 Å². The van der Waals surface area contributed by atoms with E-state index < -0.39 is 14.4 Å². The lowest BCUT2D eigenvalue weighted by molar-refractivity contribution is 0.205. The summed E-state index contributed by atoms with van der Waals surface area (Å²) in [4.78, 5) is 0. The van der Waals surface area contributed by atoms with E-state index in [4.69, 9.17) is 8.84 Å². The number of rotatable bonds is 3. The normalized spacial score (nSPS) is 14.4. The van der Waals surface area contributed by atoms with Crippen LogP contribution in [0.15, 0.2) is 16.5 Å². The number of nitrogens with zero attached hydrogens (tertiary/aromatic N) is 1. The number of furan rings is 1. The fourth-order valence-corrected chi connectivity index (χ4v) is 2.33. The maximum atomic E-state index is 9.21. The molecule has 0 fully saturated rings. The molecule has 0 N–H and O–H groups in total. The Bertz CT molecular complexity index is 423. The molecule has 1 rings (SSSR count). The molecule has 94 valence electrons. The number of hydrogen-bond donors (Lipinski definition) is 0. The van der Waals surface area contributed by atoms with Crippen LogP contribution in [-0.4, -0.2) is 8.32 Å². The van der Waals surface area contributed by atoms with Crippen molar-refractivity contribution in [2.75, 3.05) is 0 Å². The standard InChI is InChI=1S/C13H21NO2Si/c1-10-7-8-11(15-10)12(9-14)16-17(5,6)13(2,3)4/h7-8,12H,1-6H3/t12-/m1/s1. The molecule has 0 aliphatic heterocycles. The van der Waals surface area contributed by atoms with Gasteiger partial charge < -0.3 is 8.84 Å². The molecule has 3 nitrogen and oxygen atoms in total. The summed E-state index contributed by atoms with van der Waals surface area (Å²) in [6, 6.07) is 5.85. The van der Waals surface area contributed by atoms with E-state index >= 15 is 0 Å². The van der Waals surface area contributed by atoms with Crippen molar-refractivity contribution in [3.8, 4) is 6.07 Å². The Kier molecular flexibility index (Phi) is 3.85. The Morgan fingerprint density at radius 3 is 2.29 bits per heavy atom. The van der Waals surface area contributed by atoms with Crippen molar-refractivity contribution >= 4 is 8.32 Å². The average molecular weight is 251 g/mol. The van der Waals surface area contributed by atoms with Crippen LogP contribution in [0.25, 0.3) is 0 Å². The Morgan fingerprint density at radius 2 is 1.94 bits per heavy atom. The highest BCUT2D eigenvalue weighted by Gasteiger charge is 2.40. The first-order valence-electron chi connectivity index (χ1n) is 5.81. The van der Waals surface area contributed by atoms with Crippen molar-refractivity contribution in [1.29, 1.82) is 5.26 Å². The monoisotopic (exact) mass is 251 g/mol. The summed E-state index contributed by atoms with van der Waals surface area (Å²) in [7, 11) is -1.94. The van der Waals surface area contributed by atoms with Crippen molar-refractivity contribution < 1.29 is 8.84 Å². The number of hydrogen-bond acceptors (Lipinski definition) is 3. The molecule has 1 atom stereocenters. The fourth-order valence-electron chi connectivity index (χ4n) is 1.21. The van der Waals surface area contributed by atoms with Gasteiger partial charge in [-0.2, -0.15) is 5.26 Å². The number of nitriles is 1. The largest absolute Gasteiger partial charge is 0.462 e. The van der Waals surface area contributed by atoms with Gasteiger partial charge in [0.05, 0.1) is 0 Å². The third-order valence-electron chi connectivity index (χ3n) is 3.36. The third-order valence-corrected chi connectivity index (χ3v) is 7.79. The zero-order valence-electron chi connectivity index (χ0n) is 11.5. The Labute approximate surface area is 105 Å². The van der Waals surface area contributed by atoms with Crippen molar-refractivity contribution in [3.05, 3.63) is 23.7 Å². The van der Waals surface area contributed by atoms with Crippen LogP contribution in [0, 0.1) is 18.3 Å². The van der Waals surface area contributed by atoms with E-state index in [1.165, 1.54) is 0 Å². The van der Waals surface area contributed by atoms with E-state index in [0.29, 0.717) is 5.76 Å². The van der Waals surface area contributed by atoms with Gasteiger partial charge in [0, 0.05) is 0 Å². The van der Waals surface area contributed by atoms with Crippen LogP contribution in [0.2, 0.25) is 18.1 Å². The Morgan fingerprint density at radius 1 is 1.35 bits per heavy atom. The first kappa shape index (κ1) is 14.0. The molecule has 17 heavy (non-hydrogen) atoms. The Balaban J connectivity index is 2.89. The lowest BCUT2D eigenvalue weighted by Gasteiger charge is -2.37. The van der Waals surface area contributed by atoms with Crippen molar-refractivity contribution in [2.24, 2.45) is 0 Å². The van der Waals surface area contributed by atoms with E-state index in [9.17, 15) is 5.26 Å². The maximum absolute atomic E-state index is 9.21. The first-order chi connectivity index (χ1) is 7.67. The van der Waals surface area contributed by atoms with E-state index in [-0.39, 0.29) is 5.04 Å². The molecule has 0 aliphatic rings. The fraction of sp³-hybridized carbons (Fsp3) is 0.615. The summed E-state index contributed by atoms with van der Waals surface area (Å²) in [5, 5.41) is 9.29. The van der Waals surface area contributed by atoms with Crippen molar-refractivity contribution in [2.45, 2.75) is 51.9 Å². The summed E-state index contributed by atoms with van der Waals surface area (Å²) < 4.78 is 11.5. The molecule has 4 heteroatoms. The molecule has 0 spiro atoms. The molecule has 0 amide bonds. The smallest absolute Gasteiger partial charge is 0.194 e. The Hall–Kier alpha value is -1.05. The quantitative estimate of drug-likeness (QED) is 0.757. The molecule has 0 radical (unpaired) electrons. The minimum Gasteiger partial charge on any atom is -0.462 e. The third kappa shape index (κ3) is 3.21. The molecule has 1 aromatic heterocycles. The second-order valence-electron chi connectivity index (χ2n) is 5.84. The predicted octanol–water partition coefficient (Wildman–Crippen LogP) is 4.17. The van der Waals surface area contributed by atoms with E-state index in [2.05, 4.69) is 39.9 Å². The summed E-state index contributed by atoms with van der Waals surface area (Å²) in [6.45, 7) is 12.6. The summed E-state index contributed by atoms with van der Waals surface area (Å²) in [5.41, 5.74) is 0. The zero-order chi connectivity index (χ0) is 13.3. The van der Waals surface area contributed by atoms with Crippen molar-refractivity contribution in [3.63, 3.8) is 0 Å². The van der Waals surface area contributed by atoms with Gasteiger partial charge in [-0.05, 0) is 37.2 Å². The SMILES string of the molecule is Cc1ccc([C@@H](C#N)O[Si](C)(C)C(C)(C)C)o1. The molecular weight excluding hydrogens is 230 g/mol. The van der Waals surface area contributed by atoms with Crippen LogP contribution in [0.3, 0.4) is 0 Å². The van der Waals surface area contributed by atoms with Gasteiger partial charge in [-0.15, -0.1) is 0 Å². The van der Waals surface area contributed by atoms with Gasteiger partial charge in [0.15, 0.2) is 14.4 Å². The second kappa shape index (κ2) is 4.67. The molecule has 0 saturated carbocycles. The van der Waals surface area contributed by atoms with Crippen LogP contribution >= 0.6 is 0 Å². The van der Waals surface area contributed by atoms with E-state index in [1.807, 2.05) is 19.1 Å². The highest BCUT2D eigenvalue weighted by molar-refractivity contribution is 6.74. The van der Waals surface area contributed by atoms with Crippen LogP contribution in [-0.2, 0) is 4.43 Å². The van der Waals surface area contributed by atoms with Gasteiger partial charge in [-0.3, -0.25) is 0 Å².